The Morgan fingerprint density at radius 1 is 1.80 bits per heavy atom. The summed E-state index contributed by atoms with van der Waals surface area (Å²) < 4.78 is 1.69. The van der Waals surface area contributed by atoms with Gasteiger partial charge in [0, 0.05) is 24.2 Å². The van der Waals surface area contributed by atoms with Crippen LogP contribution in [0.2, 0.25) is 0 Å². The summed E-state index contributed by atoms with van der Waals surface area (Å²) in [4.78, 5) is 11.0. The minimum absolute atomic E-state index is 0.0861. The molecule has 0 amide bonds. The fourth-order valence-electron chi connectivity index (χ4n) is 0.804. The van der Waals surface area contributed by atoms with Gasteiger partial charge in [0.05, 0.1) is 0 Å². The molecule has 1 rings (SSSR count). The topological polar surface area (TPSA) is 48.0 Å². The molecule has 0 bridgehead atoms. The molecule has 4 heteroatoms. The van der Waals surface area contributed by atoms with Crippen molar-refractivity contribution in [2.75, 3.05) is 6.54 Å². The number of hydrogen-bond donors (Lipinski definition) is 1. The molecule has 0 unspecified atom stereocenters. The van der Waals surface area contributed by atoms with Crippen LogP contribution in [0.1, 0.15) is 5.69 Å². The number of aromatic nitrogens is 1. The zero-order valence-electron chi connectivity index (χ0n) is 5.83. The molecule has 0 aliphatic rings. The highest BCUT2D eigenvalue weighted by Crippen LogP contribution is 1.97. The molecule has 0 aliphatic heterocycles. The van der Waals surface area contributed by atoms with E-state index in [4.69, 9.17) is 5.73 Å². The molecule has 0 aliphatic carbocycles. The van der Waals surface area contributed by atoms with Gasteiger partial charge >= 0.3 is 4.87 Å². The molecule has 2 N–H and O–H groups in total. The first kappa shape index (κ1) is 7.50. The third-order valence-corrected chi connectivity index (χ3v) is 2.21. The second kappa shape index (κ2) is 2.98. The summed E-state index contributed by atoms with van der Waals surface area (Å²) in [6.45, 7) is 3.07. The van der Waals surface area contributed by atoms with E-state index in [1.165, 1.54) is 11.3 Å². The molecule has 0 fully saturated rings. The molecule has 3 nitrogen and oxygen atoms in total. The van der Waals surface area contributed by atoms with Gasteiger partial charge in [-0.3, -0.25) is 4.79 Å². The largest absolute Gasteiger partial charge is 0.329 e. The van der Waals surface area contributed by atoms with E-state index in [1.54, 1.807) is 4.57 Å². The van der Waals surface area contributed by atoms with Gasteiger partial charge < -0.3 is 10.3 Å². The maximum atomic E-state index is 11.0. The van der Waals surface area contributed by atoms with Crippen molar-refractivity contribution in [3.05, 3.63) is 20.7 Å². The van der Waals surface area contributed by atoms with Gasteiger partial charge in [-0.05, 0) is 6.92 Å². The van der Waals surface area contributed by atoms with Crippen molar-refractivity contribution >= 4 is 11.3 Å². The zero-order chi connectivity index (χ0) is 7.56. The first-order chi connectivity index (χ1) is 4.75. The Bertz CT molecular complexity index is 263. The van der Waals surface area contributed by atoms with E-state index in [0.717, 1.165) is 5.69 Å². The average Bonchev–Trinajstić information content (AvgIpc) is 2.20. The van der Waals surface area contributed by atoms with Crippen LogP contribution in [-0.4, -0.2) is 11.1 Å². The van der Waals surface area contributed by atoms with Gasteiger partial charge in [0.15, 0.2) is 0 Å². The van der Waals surface area contributed by atoms with E-state index >= 15 is 0 Å². The average molecular weight is 158 g/mol. The van der Waals surface area contributed by atoms with E-state index in [2.05, 4.69) is 0 Å². The summed E-state index contributed by atoms with van der Waals surface area (Å²) in [6, 6.07) is 0. The van der Waals surface area contributed by atoms with Crippen molar-refractivity contribution < 1.29 is 0 Å². The zero-order valence-corrected chi connectivity index (χ0v) is 6.65. The minimum Gasteiger partial charge on any atom is -0.329 e. The molecule has 1 aromatic rings. The van der Waals surface area contributed by atoms with E-state index in [9.17, 15) is 4.79 Å². The fourth-order valence-corrected chi connectivity index (χ4v) is 1.56. The van der Waals surface area contributed by atoms with Crippen molar-refractivity contribution in [2.45, 2.75) is 13.5 Å². The summed E-state index contributed by atoms with van der Waals surface area (Å²) >= 11 is 1.22. The predicted octanol–water partition coefficient (Wildman–Crippen LogP) is 0.177. The van der Waals surface area contributed by atoms with Gasteiger partial charge in [-0.25, -0.2) is 0 Å². The summed E-state index contributed by atoms with van der Waals surface area (Å²) in [6.07, 6.45) is 0. The number of rotatable bonds is 2. The Labute approximate surface area is 63.1 Å². The second-order valence-electron chi connectivity index (χ2n) is 2.08. The predicted molar refractivity (Wildman–Crippen MR) is 42.4 cm³/mol. The van der Waals surface area contributed by atoms with Crippen molar-refractivity contribution in [3.8, 4) is 0 Å². The summed E-state index contributed by atoms with van der Waals surface area (Å²) in [5.41, 5.74) is 6.30. The van der Waals surface area contributed by atoms with Crippen molar-refractivity contribution in [3.63, 3.8) is 0 Å². The lowest BCUT2D eigenvalue weighted by Gasteiger charge is -1.98. The third kappa shape index (κ3) is 1.27. The molecule has 1 aromatic heterocycles. The number of nitrogens with zero attached hydrogens (tertiary/aromatic N) is 1. The quantitative estimate of drug-likeness (QED) is 0.667. The normalized spacial score (nSPS) is 10.2. The molecule has 0 atom stereocenters. The van der Waals surface area contributed by atoms with Crippen LogP contribution in [0.15, 0.2) is 10.2 Å². The molecule has 56 valence electrons. The lowest BCUT2D eigenvalue weighted by Crippen LogP contribution is -2.19. The highest BCUT2D eigenvalue weighted by molar-refractivity contribution is 7.07. The van der Waals surface area contributed by atoms with Crippen LogP contribution in [0.5, 0.6) is 0 Å². The highest BCUT2D eigenvalue weighted by atomic mass is 32.1. The first-order valence-electron chi connectivity index (χ1n) is 3.10. The lowest BCUT2D eigenvalue weighted by atomic mass is 10.5. The van der Waals surface area contributed by atoms with E-state index < -0.39 is 0 Å². The van der Waals surface area contributed by atoms with E-state index in [1.807, 2.05) is 12.3 Å². The summed E-state index contributed by atoms with van der Waals surface area (Å²) in [7, 11) is 0. The molecule has 1 heterocycles. The monoisotopic (exact) mass is 158 g/mol. The molecule has 0 spiro atoms. The van der Waals surface area contributed by atoms with Gasteiger partial charge in [-0.1, -0.05) is 11.3 Å². The molecule has 0 saturated heterocycles. The van der Waals surface area contributed by atoms with Crippen LogP contribution in [0, 0.1) is 6.92 Å². The van der Waals surface area contributed by atoms with Crippen molar-refractivity contribution in [1.82, 2.24) is 4.57 Å². The van der Waals surface area contributed by atoms with Gasteiger partial charge in [0.1, 0.15) is 0 Å². The molecule has 0 aromatic carbocycles. The number of nitrogens with two attached hydrogens (primary N) is 1. The minimum atomic E-state index is 0.0861. The van der Waals surface area contributed by atoms with Gasteiger partial charge in [0.2, 0.25) is 0 Å². The van der Waals surface area contributed by atoms with Crippen LogP contribution in [0.3, 0.4) is 0 Å². The first-order valence-corrected chi connectivity index (χ1v) is 3.98. The molecule has 0 saturated carbocycles. The Hall–Kier alpha value is -0.610. The van der Waals surface area contributed by atoms with Crippen molar-refractivity contribution in [1.29, 1.82) is 0 Å². The standard InChI is InChI=1S/C6H10N2OS/c1-5-4-10-6(9)8(5)3-2-7/h4H,2-3,7H2,1H3. The van der Waals surface area contributed by atoms with Gasteiger partial charge in [0.25, 0.3) is 0 Å². The van der Waals surface area contributed by atoms with Crippen LogP contribution in [0.25, 0.3) is 0 Å². The van der Waals surface area contributed by atoms with Crippen LogP contribution in [-0.2, 0) is 6.54 Å². The third-order valence-electron chi connectivity index (χ3n) is 1.33. The van der Waals surface area contributed by atoms with Crippen LogP contribution >= 0.6 is 11.3 Å². The van der Waals surface area contributed by atoms with Crippen LogP contribution in [0.4, 0.5) is 0 Å². The molecule has 0 radical (unpaired) electrons. The Morgan fingerprint density at radius 3 is 2.90 bits per heavy atom. The molecular formula is C6H10N2OS. The Balaban J connectivity index is 2.99. The van der Waals surface area contributed by atoms with E-state index in [0.29, 0.717) is 13.1 Å². The van der Waals surface area contributed by atoms with Crippen LogP contribution < -0.4 is 10.6 Å². The maximum absolute atomic E-state index is 11.0. The molecular weight excluding hydrogens is 148 g/mol. The molecule has 10 heavy (non-hydrogen) atoms. The number of hydrogen-bond acceptors (Lipinski definition) is 3. The SMILES string of the molecule is Cc1csc(=O)n1CCN. The number of aryl methyl sites for hydroxylation is 1. The van der Waals surface area contributed by atoms with Crippen molar-refractivity contribution in [2.24, 2.45) is 5.73 Å². The lowest BCUT2D eigenvalue weighted by molar-refractivity contribution is 0.678. The fraction of sp³-hybridized carbons (Fsp3) is 0.500. The van der Waals surface area contributed by atoms with E-state index in [-0.39, 0.29) is 4.87 Å². The van der Waals surface area contributed by atoms with Gasteiger partial charge in [-0.2, -0.15) is 0 Å². The van der Waals surface area contributed by atoms with Gasteiger partial charge in [-0.15, -0.1) is 0 Å². The Morgan fingerprint density at radius 2 is 2.50 bits per heavy atom. The Kier molecular flexibility index (Phi) is 2.24. The summed E-state index contributed by atoms with van der Waals surface area (Å²) in [5, 5.41) is 1.85. The smallest absolute Gasteiger partial charge is 0.307 e. The second-order valence-corrected chi connectivity index (χ2v) is 2.90. The summed E-state index contributed by atoms with van der Waals surface area (Å²) in [5.74, 6) is 0. The number of thiazole rings is 1. The maximum Gasteiger partial charge on any atom is 0.307 e. The highest BCUT2D eigenvalue weighted by Gasteiger charge is 1.98.